The molecule has 9 heteroatoms. The maximum Gasteiger partial charge on any atom is 0.326 e. The Kier molecular flexibility index (Phi) is 7.10. The van der Waals surface area contributed by atoms with E-state index in [4.69, 9.17) is 4.74 Å². The van der Waals surface area contributed by atoms with Crippen molar-refractivity contribution in [3.8, 4) is 0 Å². The molecule has 1 heterocycles. The van der Waals surface area contributed by atoms with Crippen molar-refractivity contribution in [2.75, 3.05) is 18.5 Å². The van der Waals surface area contributed by atoms with Gasteiger partial charge in [0.15, 0.2) is 6.61 Å². The van der Waals surface area contributed by atoms with Crippen molar-refractivity contribution in [2.45, 2.75) is 35.8 Å². The molecule has 29 heavy (non-hydrogen) atoms. The van der Waals surface area contributed by atoms with Crippen LogP contribution in [0.3, 0.4) is 0 Å². The molecule has 2 aliphatic rings. The predicted molar refractivity (Wildman–Crippen MR) is 114 cm³/mol. The van der Waals surface area contributed by atoms with Crippen LogP contribution >= 0.6 is 31.9 Å². The quantitative estimate of drug-likeness (QED) is 0.347. The predicted octanol–water partition coefficient (Wildman–Crippen LogP) is 2.65. The minimum Gasteiger partial charge on any atom is -0.454 e. The minimum atomic E-state index is -0.785. The third-order valence-electron chi connectivity index (χ3n) is 5.30. The number of carbonyl (C=O) groups excluding carboxylic acids is 4. The van der Waals surface area contributed by atoms with Gasteiger partial charge in [0.05, 0.1) is 11.8 Å². The topological polar surface area (TPSA) is 92.8 Å². The Labute approximate surface area is 185 Å². The Bertz CT molecular complexity index is 786. The van der Waals surface area contributed by atoms with Crippen LogP contribution < -0.4 is 5.32 Å². The van der Waals surface area contributed by atoms with Gasteiger partial charge in [-0.15, -0.1) is 0 Å². The summed E-state index contributed by atoms with van der Waals surface area (Å²) < 4.78 is 4.96. The zero-order valence-electron chi connectivity index (χ0n) is 15.9. The number of aryl methyl sites for hydroxylation is 1. The molecule has 1 aliphatic carbocycles. The van der Waals surface area contributed by atoms with Crippen LogP contribution in [0.5, 0.6) is 0 Å². The van der Waals surface area contributed by atoms with E-state index in [1.165, 1.54) is 0 Å². The number of benzene rings is 1. The molecule has 0 spiro atoms. The molecule has 156 valence electrons. The molecule has 3 amide bonds. The second-order valence-corrected chi connectivity index (χ2v) is 9.59. The van der Waals surface area contributed by atoms with Crippen LogP contribution in [-0.2, 0) is 30.3 Å². The molecule has 0 aromatic heterocycles. The lowest BCUT2D eigenvalue weighted by atomic mass is 9.81. The largest absolute Gasteiger partial charge is 0.454 e. The van der Waals surface area contributed by atoms with E-state index in [0.29, 0.717) is 18.5 Å². The first-order valence-electron chi connectivity index (χ1n) is 9.48. The molecule has 1 aliphatic heterocycles. The number of carbonyl (C=O) groups is 4. The first-order valence-corrected chi connectivity index (χ1v) is 11.3. The highest BCUT2D eigenvalue weighted by Crippen LogP contribution is 2.43. The van der Waals surface area contributed by atoms with E-state index in [-0.39, 0.29) is 21.5 Å². The van der Waals surface area contributed by atoms with Crippen molar-refractivity contribution < 1.29 is 23.9 Å². The van der Waals surface area contributed by atoms with Gasteiger partial charge in [-0.1, -0.05) is 50.9 Å². The van der Waals surface area contributed by atoms with Crippen molar-refractivity contribution in [3.05, 3.63) is 29.8 Å². The van der Waals surface area contributed by atoms with Crippen LogP contribution in [0.15, 0.2) is 24.3 Å². The van der Waals surface area contributed by atoms with E-state index in [1.807, 2.05) is 19.1 Å². The highest BCUT2D eigenvalue weighted by Gasteiger charge is 2.52. The number of anilines is 1. The number of halogens is 2. The fourth-order valence-corrected chi connectivity index (χ4v) is 4.90. The van der Waals surface area contributed by atoms with Crippen LogP contribution in [0, 0.1) is 11.8 Å². The van der Waals surface area contributed by atoms with Crippen molar-refractivity contribution in [1.82, 2.24) is 4.90 Å². The first kappa shape index (κ1) is 22.0. The number of hydrogen-bond acceptors (Lipinski definition) is 5. The van der Waals surface area contributed by atoms with Gasteiger partial charge in [-0.3, -0.25) is 24.1 Å². The lowest BCUT2D eigenvalue weighted by Crippen LogP contribution is -2.37. The maximum atomic E-state index is 12.6. The van der Waals surface area contributed by atoms with Crippen LogP contribution in [0.4, 0.5) is 5.69 Å². The number of ether oxygens (including phenoxy) is 1. The number of nitrogens with zero attached hydrogens (tertiary/aromatic N) is 1. The van der Waals surface area contributed by atoms with Gasteiger partial charge in [-0.2, -0.15) is 0 Å². The lowest BCUT2D eigenvalue weighted by molar-refractivity contribution is -0.154. The van der Waals surface area contributed by atoms with Gasteiger partial charge in [-0.25, -0.2) is 0 Å². The molecule has 3 rings (SSSR count). The van der Waals surface area contributed by atoms with E-state index in [1.54, 1.807) is 12.1 Å². The molecule has 1 aromatic carbocycles. The van der Waals surface area contributed by atoms with E-state index in [2.05, 4.69) is 37.2 Å². The standard InChI is InChI=1S/C20H22Br2N2O5/c1-2-11-3-5-12(6-4-11)23-17(25)10-29-18(26)9-24-19(27)13-7-15(21)16(22)8-14(13)20(24)28/h3-6,13-16H,2,7-10H2,1H3,(H,23,25)/t13-,14+,15+,16-. The number of fused-ring (bicyclic) bond motifs is 1. The average Bonchev–Trinajstić information content (AvgIpc) is 2.92. The summed E-state index contributed by atoms with van der Waals surface area (Å²) in [5.41, 5.74) is 1.75. The van der Waals surface area contributed by atoms with Crippen molar-refractivity contribution in [2.24, 2.45) is 11.8 Å². The molecule has 7 nitrogen and oxygen atoms in total. The summed E-state index contributed by atoms with van der Waals surface area (Å²) in [4.78, 5) is 50.3. The number of rotatable bonds is 6. The fraction of sp³-hybridized carbons (Fsp3) is 0.500. The molecule has 2 fully saturated rings. The monoisotopic (exact) mass is 528 g/mol. The van der Waals surface area contributed by atoms with E-state index < -0.39 is 36.9 Å². The van der Waals surface area contributed by atoms with Crippen LogP contribution in [0.2, 0.25) is 0 Å². The van der Waals surface area contributed by atoms with Gasteiger partial charge >= 0.3 is 5.97 Å². The molecule has 4 atom stereocenters. The third kappa shape index (κ3) is 5.06. The second-order valence-electron chi connectivity index (χ2n) is 7.24. The molecule has 1 saturated carbocycles. The minimum absolute atomic E-state index is 0.0995. The van der Waals surface area contributed by atoms with Gasteiger partial charge in [0.1, 0.15) is 6.54 Å². The van der Waals surface area contributed by atoms with Gasteiger partial charge < -0.3 is 10.1 Å². The van der Waals surface area contributed by atoms with Gasteiger partial charge in [-0.05, 0) is 37.0 Å². The van der Waals surface area contributed by atoms with Gasteiger partial charge in [0, 0.05) is 15.3 Å². The Morgan fingerprint density at radius 2 is 1.62 bits per heavy atom. The molecule has 0 radical (unpaired) electrons. The highest BCUT2D eigenvalue weighted by atomic mass is 79.9. The number of alkyl halides is 2. The smallest absolute Gasteiger partial charge is 0.326 e. The number of nitrogens with one attached hydrogen (secondary N) is 1. The highest BCUT2D eigenvalue weighted by molar-refractivity contribution is 9.12. The van der Waals surface area contributed by atoms with Crippen molar-refractivity contribution >= 4 is 61.2 Å². The maximum absolute atomic E-state index is 12.6. The Morgan fingerprint density at radius 3 is 2.14 bits per heavy atom. The molecular weight excluding hydrogens is 508 g/mol. The van der Waals surface area contributed by atoms with Crippen molar-refractivity contribution in [3.63, 3.8) is 0 Å². The zero-order chi connectivity index (χ0) is 21.1. The summed E-state index contributed by atoms with van der Waals surface area (Å²) in [6.45, 7) is 1.09. The van der Waals surface area contributed by atoms with Gasteiger partial charge in [0.25, 0.3) is 5.91 Å². The lowest BCUT2D eigenvalue weighted by Gasteiger charge is -2.29. The Balaban J connectivity index is 1.49. The summed E-state index contributed by atoms with van der Waals surface area (Å²) in [5, 5.41) is 2.64. The SMILES string of the molecule is CCc1ccc(NC(=O)COC(=O)CN2C(=O)[C@H]3C[C@@H](Br)[C@@H](Br)C[C@H]3C2=O)cc1. The molecule has 0 unspecified atom stereocenters. The van der Waals surface area contributed by atoms with Crippen LogP contribution in [-0.4, -0.2) is 51.4 Å². The Morgan fingerprint density at radius 1 is 1.07 bits per heavy atom. The van der Waals surface area contributed by atoms with E-state index in [0.717, 1.165) is 16.9 Å². The molecule has 0 bridgehead atoms. The third-order valence-corrected chi connectivity index (χ3v) is 8.03. The number of imide groups is 1. The van der Waals surface area contributed by atoms with Crippen LogP contribution in [0.25, 0.3) is 0 Å². The van der Waals surface area contributed by atoms with Crippen LogP contribution in [0.1, 0.15) is 25.3 Å². The zero-order valence-corrected chi connectivity index (χ0v) is 19.1. The summed E-state index contributed by atoms with van der Waals surface area (Å²) in [5.74, 6) is -2.79. The van der Waals surface area contributed by atoms with Crippen molar-refractivity contribution in [1.29, 1.82) is 0 Å². The normalized spacial score (nSPS) is 26.2. The molecular formula is C20H22Br2N2O5. The number of hydrogen-bond donors (Lipinski definition) is 1. The average molecular weight is 530 g/mol. The molecule has 1 saturated heterocycles. The number of likely N-dealkylation sites (tertiary alicyclic amines) is 1. The summed E-state index contributed by atoms with van der Waals surface area (Å²) in [7, 11) is 0. The van der Waals surface area contributed by atoms with E-state index >= 15 is 0 Å². The van der Waals surface area contributed by atoms with Gasteiger partial charge in [0.2, 0.25) is 11.8 Å². The summed E-state index contributed by atoms with van der Waals surface area (Å²) >= 11 is 7.04. The molecule has 1 N–H and O–H groups in total. The number of esters is 1. The first-order chi connectivity index (χ1) is 13.8. The molecule has 1 aromatic rings. The summed E-state index contributed by atoms with van der Waals surface area (Å²) in [6, 6.07) is 7.35. The Hall–Kier alpha value is -1.74. The summed E-state index contributed by atoms with van der Waals surface area (Å²) in [6.07, 6.45) is 1.97. The second kappa shape index (κ2) is 9.38. The number of amides is 3. The fourth-order valence-electron chi connectivity index (χ4n) is 3.66. The van der Waals surface area contributed by atoms with E-state index in [9.17, 15) is 19.2 Å².